The van der Waals surface area contributed by atoms with Crippen LogP contribution < -0.4 is 4.74 Å². The van der Waals surface area contributed by atoms with Crippen LogP contribution in [0, 0.1) is 20.8 Å². The second-order valence-corrected chi connectivity index (χ2v) is 4.39. The van der Waals surface area contributed by atoms with Gasteiger partial charge in [-0.2, -0.15) is 0 Å². The molecule has 0 fully saturated rings. The lowest BCUT2D eigenvalue weighted by Gasteiger charge is -2.09. The number of tetrazole rings is 1. The van der Waals surface area contributed by atoms with E-state index in [1.807, 2.05) is 32.9 Å². The summed E-state index contributed by atoms with van der Waals surface area (Å²) in [5.74, 6) is 0.666. The molecule has 0 radical (unpaired) electrons. The molecule has 0 unspecified atom stereocenters. The van der Waals surface area contributed by atoms with Crippen LogP contribution in [-0.4, -0.2) is 32.9 Å². The van der Waals surface area contributed by atoms with Crippen LogP contribution >= 0.6 is 0 Å². The van der Waals surface area contributed by atoms with Gasteiger partial charge in [0.05, 0.1) is 6.61 Å². The lowest BCUT2D eigenvalue weighted by molar-refractivity contribution is 0.145. The predicted octanol–water partition coefficient (Wildman–Crippen LogP) is 2.40. The molecular formula is C13H16N4O3. The van der Waals surface area contributed by atoms with Gasteiger partial charge in [0, 0.05) is 0 Å². The number of carbonyl (C=O) groups excluding carboxylic acids is 1. The molecule has 20 heavy (non-hydrogen) atoms. The molecule has 0 aliphatic carbocycles. The topological polar surface area (TPSA) is 79.1 Å². The van der Waals surface area contributed by atoms with E-state index in [2.05, 4.69) is 15.4 Å². The lowest BCUT2D eigenvalue weighted by atomic mass is 10.1. The van der Waals surface area contributed by atoms with Gasteiger partial charge in [-0.3, -0.25) is 0 Å². The fourth-order valence-electron chi connectivity index (χ4n) is 1.92. The van der Waals surface area contributed by atoms with E-state index in [1.54, 1.807) is 6.92 Å². The third kappa shape index (κ3) is 2.93. The Morgan fingerprint density at radius 2 is 1.90 bits per heavy atom. The van der Waals surface area contributed by atoms with Crippen molar-refractivity contribution in [2.75, 3.05) is 6.61 Å². The second-order valence-electron chi connectivity index (χ2n) is 4.39. The SMILES string of the molecule is CCOC(=O)n1nnc(Oc2c(C)cc(C)cc2C)n1. The summed E-state index contributed by atoms with van der Waals surface area (Å²) >= 11 is 0. The van der Waals surface area contributed by atoms with Crippen LogP contribution in [0.5, 0.6) is 11.8 Å². The van der Waals surface area contributed by atoms with E-state index < -0.39 is 6.09 Å². The molecule has 7 nitrogen and oxygen atoms in total. The van der Waals surface area contributed by atoms with Crippen molar-refractivity contribution in [1.82, 2.24) is 20.2 Å². The van der Waals surface area contributed by atoms with Gasteiger partial charge in [-0.25, -0.2) is 4.79 Å². The van der Waals surface area contributed by atoms with E-state index >= 15 is 0 Å². The minimum atomic E-state index is -0.688. The van der Waals surface area contributed by atoms with Crippen molar-refractivity contribution in [2.45, 2.75) is 27.7 Å². The first-order valence-electron chi connectivity index (χ1n) is 6.24. The molecule has 1 aromatic carbocycles. The van der Waals surface area contributed by atoms with Crippen LogP contribution in [0.15, 0.2) is 12.1 Å². The Morgan fingerprint density at radius 3 is 2.50 bits per heavy atom. The number of aryl methyl sites for hydroxylation is 3. The van der Waals surface area contributed by atoms with Crippen LogP contribution in [0.25, 0.3) is 0 Å². The van der Waals surface area contributed by atoms with Gasteiger partial charge in [-0.15, -0.1) is 0 Å². The highest BCUT2D eigenvalue weighted by Crippen LogP contribution is 2.27. The van der Waals surface area contributed by atoms with E-state index in [-0.39, 0.29) is 12.6 Å². The molecular weight excluding hydrogens is 260 g/mol. The summed E-state index contributed by atoms with van der Waals surface area (Å²) in [6.45, 7) is 7.83. The Hall–Kier alpha value is -2.44. The number of nitrogens with zero attached hydrogens (tertiary/aromatic N) is 4. The molecule has 7 heteroatoms. The van der Waals surface area contributed by atoms with Gasteiger partial charge in [0.1, 0.15) is 5.75 Å². The first-order valence-corrected chi connectivity index (χ1v) is 6.24. The molecule has 0 saturated carbocycles. The third-order valence-corrected chi connectivity index (χ3v) is 2.62. The minimum absolute atomic E-state index is 0.00751. The molecule has 2 rings (SSSR count). The summed E-state index contributed by atoms with van der Waals surface area (Å²) in [6, 6.07) is 4.00. The number of hydrogen-bond donors (Lipinski definition) is 0. The maximum Gasteiger partial charge on any atom is 0.453 e. The molecule has 2 aromatic rings. The molecule has 0 spiro atoms. The molecule has 0 aliphatic rings. The highest BCUT2D eigenvalue weighted by Gasteiger charge is 2.14. The van der Waals surface area contributed by atoms with Crippen LogP contribution in [0.1, 0.15) is 23.6 Å². The predicted molar refractivity (Wildman–Crippen MR) is 71.0 cm³/mol. The fraction of sp³-hybridized carbons (Fsp3) is 0.385. The monoisotopic (exact) mass is 276 g/mol. The average molecular weight is 276 g/mol. The summed E-state index contributed by atoms with van der Waals surface area (Å²) in [5.41, 5.74) is 3.08. The molecule has 0 aliphatic heterocycles. The van der Waals surface area contributed by atoms with Crippen molar-refractivity contribution < 1.29 is 14.3 Å². The Bertz CT molecular complexity index is 613. The minimum Gasteiger partial charge on any atom is -0.447 e. The summed E-state index contributed by atoms with van der Waals surface area (Å²) < 4.78 is 10.3. The maximum atomic E-state index is 11.4. The fourth-order valence-corrected chi connectivity index (χ4v) is 1.92. The standard InChI is InChI=1S/C13H16N4O3/c1-5-19-13(18)17-15-12(14-16-17)20-11-9(3)6-8(2)7-10(11)4/h6-7H,5H2,1-4H3. The van der Waals surface area contributed by atoms with E-state index in [0.717, 1.165) is 21.5 Å². The number of aromatic nitrogens is 4. The largest absolute Gasteiger partial charge is 0.453 e. The van der Waals surface area contributed by atoms with Gasteiger partial charge in [0.2, 0.25) is 0 Å². The van der Waals surface area contributed by atoms with Gasteiger partial charge < -0.3 is 9.47 Å². The van der Waals surface area contributed by atoms with E-state index in [4.69, 9.17) is 9.47 Å². The van der Waals surface area contributed by atoms with Gasteiger partial charge in [-0.1, -0.05) is 32.7 Å². The zero-order valence-electron chi connectivity index (χ0n) is 11.9. The Balaban J connectivity index is 2.21. The summed E-state index contributed by atoms with van der Waals surface area (Å²) in [6.07, 6.45) is -0.688. The molecule has 0 atom stereocenters. The van der Waals surface area contributed by atoms with Gasteiger partial charge in [-0.05, 0) is 44.0 Å². The third-order valence-electron chi connectivity index (χ3n) is 2.62. The zero-order valence-corrected chi connectivity index (χ0v) is 11.9. The number of carbonyl (C=O) groups is 1. The van der Waals surface area contributed by atoms with Crippen molar-refractivity contribution in [1.29, 1.82) is 0 Å². The van der Waals surface area contributed by atoms with Crippen molar-refractivity contribution in [3.63, 3.8) is 0 Å². The smallest absolute Gasteiger partial charge is 0.447 e. The van der Waals surface area contributed by atoms with Crippen LogP contribution in [0.3, 0.4) is 0 Å². The number of benzene rings is 1. The van der Waals surface area contributed by atoms with Crippen LogP contribution in [-0.2, 0) is 4.74 Å². The number of rotatable bonds is 3. The molecule has 0 amide bonds. The lowest BCUT2D eigenvalue weighted by Crippen LogP contribution is -2.16. The summed E-state index contributed by atoms with van der Waals surface area (Å²) in [5, 5.41) is 11.1. The van der Waals surface area contributed by atoms with E-state index in [9.17, 15) is 4.79 Å². The average Bonchev–Trinajstić information content (AvgIpc) is 2.82. The summed E-state index contributed by atoms with van der Waals surface area (Å²) in [7, 11) is 0. The molecule has 0 N–H and O–H groups in total. The van der Waals surface area contributed by atoms with E-state index in [1.165, 1.54) is 0 Å². The quantitative estimate of drug-likeness (QED) is 0.856. The molecule has 0 bridgehead atoms. The molecule has 106 valence electrons. The molecule has 1 heterocycles. The van der Waals surface area contributed by atoms with Gasteiger partial charge in [0.25, 0.3) is 0 Å². The Labute approximate surface area is 116 Å². The maximum absolute atomic E-state index is 11.4. The van der Waals surface area contributed by atoms with Crippen molar-refractivity contribution >= 4 is 6.09 Å². The molecule has 1 aromatic heterocycles. The highest BCUT2D eigenvalue weighted by atomic mass is 16.6. The van der Waals surface area contributed by atoms with Crippen molar-refractivity contribution in [3.8, 4) is 11.8 Å². The Kier molecular flexibility index (Phi) is 3.97. The Morgan fingerprint density at radius 1 is 1.25 bits per heavy atom. The van der Waals surface area contributed by atoms with E-state index in [0.29, 0.717) is 5.75 Å². The van der Waals surface area contributed by atoms with Crippen molar-refractivity contribution in [3.05, 3.63) is 28.8 Å². The number of ether oxygens (including phenoxy) is 2. The number of hydrogen-bond acceptors (Lipinski definition) is 6. The van der Waals surface area contributed by atoms with Crippen LogP contribution in [0.2, 0.25) is 0 Å². The second kappa shape index (κ2) is 5.68. The first-order chi connectivity index (χ1) is 9.51. The molecule has 0 saturated heterocycles. The highest BCUT2D eigenvalue weighted by molar-refractivity contribution is 5.67. The van der Waals surface area contributed by atoms with Crippen LogP contribution in [0.4, 0.5) is 4.79 Å². The first kappa shape index (κ1) is 14.0. The summed E-state index contributed by atoms with van der Waals surface area (Å²) in [4.78, 5) is 12.2. The van der Waals surface area contributed by atoms with Crippen molar-refractivity contribution in [2.24, 2.45) is 0 Å². The normalized spacial score (nSPS) is 10.4. The van der Waals surface area contributed by atoms with Gasteiger partial charge in [0.15, 0.2) is 0 Å². The zero-order chi connectivity index (χ0) is 14.7. The van der Waals surface area contributed by atoms with Gasteiger partial charge >= 0.3 is 12.1 Å².